The highest BCUT2D eigenvalue weighted by Crippen LogP contribution is 2.27. The van der Waals surface area contributed by atoms with Crippen molar-refractivity contribution in [1.82, 2.24) is 10.2 Å². The molecule has 0 amide bonds. The molecule has 1 atom stereocenters. The highest BCUT2D eigenvalue weighted by Gasteiger charge is 2.33. The standard InChI is InChI=1S/C14H28N2S/c1-17-11-5-3-2-4-8-15-14-12-16-9-6-13(14)7-10-16/h13-15H,2-12H2,1H3. The minimum atomic E-state index is 0.809. The second-order valence-corrected chi connectivity index (χ2v) is 6.59. The molecule has 0 aromatic rings. The van der Waals surface area contributed by atoms with Crippen LogP contribution in [-0.4, -0.2) is 49.1 Å². The van der Waals surface area contributed by atoms with E-state index in [1.54, 1.807) is 0 Å². The maximum atomic E-state index is 3.80. The first kappa shape index (κ1) is 13.7. The number of piperidine rings is 3. The van der Waals surface area contributed by atoms with Gasteiger partial charge in [0.15, 0.2) is 0 Å². The van der Waals surface area contributed by atoms with Crippen LogP contribution in [0.5, 0.6) is 0 Å². The highest BCUT2D eigenvalue weighted by atomic mass is 32.2. The molecule has 2 bridgehead atoms. The minimum absolute atomic E-state index is 0.809. The van der Waals surface area contributed by atoms with E-state index >= 15 is 0 Å². The Hall–Kier alpha value is 0.270. The van der Waals surface area contributed by atoms with Gasteiger partial charge in [-0.05, 0) is 63.2 Å². The van der Waals surface area contributed by atoms with Crippen molar-refractivity contribution in [2.24, 2.45) is 5.92 Å². The number of nitrogens with zero attached hydrogens (tertiary/aromatic N) is 1. The smallest absolute Gasteiger partial charge is 0.0224 e. The molecule has 0 spiro atoms. The van der Waals surface area contributed by atoms with Crippen LogP contribution < -0.4 is 5.32 Å². The van der Waals surface area contributed by atoms with E-state index in [-0.39, 0.29) is 0 Å². The Kier molecular flexibility index (Phi) is 6.16. The molecule has 1 N–H and O–H groups in total. The van der Waals surface area contributed by atoms with Gasteiger partial charge in [0.25, 0.3) is 0 Å². The summed E-state index contributed by atoms with van der Waals surface area (Å²) in [7, 11) is 0. The van der Waals surface area contributed by atoms with E-state index < -0.39 is 0 Å². The van der Waals surface area contributed by atoms with Crippen molar-refractivity contribution in [2.45, 2.75) is 44.6 Å². The third-order valence-corrected chi connectivity index (χ3v) is 5.03. The molecule has 3 heteroatoms. The fourth-order valence-electron chi connectivity index (χ4n) is 3.21. The summed E-state index contributed by atoms with van der Waals surface area (Å²) in [5.41, 5.74) is 0. The summed E-state index contributed by atoms with van der Waals surface area (Å²) in [6, 6.07) is 0.809. The average Bonchev–Trinajstić information content (AvgIpc) is 2.39. The molecular formula is C14H28N2S. The van der Waals surface area contributed by atoms with E-state index in [0.717, 1.165) is 12.0 Å². The Morgan fingerprint density at radius 2 is 1.88 bits per heavy atom. The van der Waals surface area contributed by atoms with Crippen molar-refractivity contribution >= 4 is 11.8 Å². The number of hydrogen-bond donors (Lipinski definition) is 1. The second kappa shape index (κ2) is 7.65. The Morgan fingerprint density at radius 3 is 2.53 bits per heavy atom. The van der Waals surface area contributed by atoms with Crippen molar-refractivity contribution in [3.8, 4) is 0 Å². The summed E-state index contributed by atoms with van der Waals surface area (Å²) in [6.07, 6.45) is 10.7. The number of rotatable bonds is 8. The predicted molar refractivity (Wildman–Crippen MR) is 77.8 cm³/mol. The lowest BCUT2D eigenvalue weighted by atomic mass is 9.84. The Bertz CT molecular complexity index is 202. The Morgan fingerprint density at radius 1 is 1.12 bits per heavy atom. The normalized spacial score (nSPS) is 31.9. The second-order valence-electron chi connectivity index (χ2n) is 5.61. The number of thioether (sulfide) groups is 1. The molecule has 0 radical (unpaired) electrons. The first-order valence-electron chi connectivity index (χ1n) is 7.35. The summed E-state index contributed by atoms with van der Waals surface area (Å²) in [4.78, 5) is 2.64. The first-order valence-corrected chi connectivity index (χ1v) is 8.74. The average molecular weight is 256 g/mol. The summed E-state index contributed by atoms with van der Waals surface area (Å²) >= 11 is 1.98. The molecule has 3 aliphatic heterocycles. The molecule has 2 nitrogen and oxygen atoms in total. The maximum absolute atomic E-state index is 3.80. The lowest BCUT2D eigenvalue weighted by Gasteiger charge is -2.45. The van der Waals surface area contributed by atoms with Crippen LogP contribution in [0.1, 0.15) is 38.5 Å². The van der Waals surface area contributed by atoms with Crippen LogP contribution in [0.25, 0.3) is 0 Å². The molecule has 0 aliphatic carbocycles. The van der Waals surface area contributed by atoms with Crippen molar-refractivity contribution in [3.05, 3.63) is 0 Å². The van der Waals surface area contributed by atoms with Gasteiger partial charge in [0.1, 0.15) is 0 Å². The maximum Gasteiger partial charge on any atom is 0.0224 e. The number of fused-ring (bicyclic) bond motifs is 3. The molecule has 3 saturated heterocycles. The highest BCUT2D eigenvalue weighted by molar-refractivity contribution is 7.98. The van der Waals surface area contributed by atoms with E-state index in [9.17, 15) is 0 Å². The quantitative estimate of drug-likeness (QED) is 0.672. The van der Waals surface area contributed by atoms with Gasteiger partial charge < -0.3 is 10.2 Å². The molecule has 0 saturated carbocycles. The number of unbranched alkanes of at least 4 members (excludes halogenated alkanes) is 3. The van der Waals surface area contributed by atoms with E-state index in [0.29, 0.717) is 0 Å². The molecule has 3 heterocycles. The van der Waals surface area contributed by atoms with Crippen LogP contribution in [0, 0.1) is 5.92 Å². The fourth-order valence-corrected chi connectivity index (χ4v) is 3.70. The van der Waals surface area contributed by atoms with Gasteiger partial charge in [0.05, 0.1) is 0 Å². The van der Waals surface area contributed by atoms with Gasteiger partial charge in [-0.3, -0.25) is 0 Å². The van der Waals surface area contributed by atoms with Gasteiger partial charge in [-0.15, -0.1) is 0 Å². The van der Waals surface area contributed by atoms with E-state index in [1.807, 2.05) is 11.8 Å². The zero-order chi connectivity index (χ0) is 11.9. The summed E-state index contributed by atoms with van der Waals surface area (Å²) in [6.45, 7) is 5.28. The number of nitrogens with one attached hydrogen (secondary N) is 1. The van der Waals surface area contributed by atoms with Gasteiger partial charge in [-0.1, -0.05) is 12.8 Å². The lowest BCUT2D eigenvalue weighted by Crippen LogP contribution is -2.56. The van der Waals surface area contributed by atoms with Crippen LogP contribution in [-0.2, 0) is 0 Å². The Labute approximate surface area is 111 Å². The summed E-state index contributed by atoms with van der Waals surface area (Å²) in [5.74, 6) is 2.32. The number of hydrogen-bond acceptors (Lipinski definition) is 3. The van der Waals surface area contributed by atoms with Gasteiger partial charge in [-0.25, -0.2) is 0 Å². The third kappa shape index (κ3) is 4.46. The molecule has 17 heavy (non-hydrogen) atoms. The van der Waals surface area contributed by atoms with Crippen LogP contribution in [0.4, 0.5) is 0 Å². The van der Waals surface area contributed by atoms with Crippen molar-refractivity contribution in [3.63, 3.8) is 0 Å². The molecule has 0 aromatic heterocycles. The zero-order valence-corrected chi connectivity index (χ0v) is 12.1. The van der Waals surface area contributed by atoms with Crippen molar-refractivity contribution < 1.29 is 0 Å². The fraction of sp³-hybridized carbons (Fsp3) is 1.00. The Balaban J connectivity index is 1.48. The van der Waals surface area contributed by atoms with Gasteiger partial charge >= 0.3 is 0 Å². The first-order chi connectivity index (χ1) is 8.40. The van der Waals surface area contributed by atoms with Crippen LogP contribution in [0.2, 0.25) is 0 Å². The van der Waals surface area contributed by atoms with E-state index in [2.05, 4.69) is 16.5 Å². The van der Waals surface area contributed by atoms with Crippen molar-refractivity contribution in [2.75, 3.05) is 38.2 Å². The summed E-state index contributed by atoms with van der Waals surface area (Å²) < 4.78 is 0. The van der Waals surface area contributed by atoms with Gasteiger partial charge in [0, 0.05) is 12.6 Å². The zero-order valence-electron chi connectivity index (χ0n) is 11.3. The topological polar surface area (TPSA) is 15.3 Å². The van der Waals surface area contributed by atoms with Crippen molar-refractivity contribution in [1.29, 1.82) is 0 Å². The van der Waals surface area contributed by atoms with Crippen LogP contribution in [0.3, 0.4) is 0 Å². The monoisotopic (exact) mass is 256 g/mol. The molecule has 0 aromatic carbocycles. The van der Waals surface area contributed by atoms with E-state index in [4.69, 9.17) is 0 Å². The lowest BCUT2D eigenvalue weighted by molar-refractivity contribution is 0.0727. The third-order valence-electron chi connectivity index (χ3n) is 4.34. The molecule has 3 fully saturated rings. The summed E-state index contributed by atoms with van der Waals surface area (Å²) in [5, 5.41) is 3.80. The predicted octanol–water partition coefficient (Wildman–Crippen LogP) is 2.59. The molecule has 3 aliphatic rings. The van der Waals surface area contributed by atoms with Crippen LogP contribution in [0.15, 0.2) is 0 Å². The molecule has 1 unspecified atom stereocenters. The molecular weight excluding hydrogens is 228 g/mol. The minimum Gasteiger partial charge on any atom is -0.312 e. The van der Waals surface area contributed by atoms with Gasteiger partial charge in [-0.2, -0.15) is 11.8 Å². The SMILES string of the molecule is CSCCCCCCNC1CN2CCC1CC2. The van der Waals surface area contributed by atoms with Gasteiger partial charge in [0.2, 0.25) is 0 Å². The van der Waals surface area contributed by atoms with Crippen LogP contribution >= 0.6 is 11.8 Å². The molecule has 100 valence electrons. The molecule has 3 rings (SSSR count). The van der Waals surface area contributed by atoms with E-state index in [1.165, 1.54) is 70.5 Å². The largest absolute Gasteiger partial charge is 0.312 e.